The fraction of sp³-hybridized carbons (Fsp3) is 0.533. The van der Waals surface area contributed by atoms with Gasteiger partial charge in [0.15, 0.2) is 0 Å². The largest absolute Gasteiger partial charge is 0.378 e. The number of hydrogen-bond donors (Lipinski definition) is 1. The van der Waals surface area contributed by atoms with Gasteiger partial charge < -0.3 is 15.0 Å². The van der Waals surface area contributed by atoms with Crippen molar-refractivity contribution in [3.63, 3.8) is 0 Å². The number of nitrogens with zero attached hydrogens (tertiary/aromatic N) is 2. The molecule has 0 unspecified atom stereocenters. The van der Waals surface area contributed by atoms with E-state index in [1.807, 2.05) is 12.1 Å². The minimum atomic E-state index is 0.0207. The summed E-state index contributed by atoms with van der Waals surface area (Å²) >= 11 is 0. The van der Waals surface area contributed by atoms with Gasteiger partial charge in [-0.05, 0) is 12.1 Å². The van der Waals surface area contributed by atoms with Crippen molar-refractivity contribution < 1.29 is 4.74 Å². The Morgan fingerprint density at radius 3 is 2.63 bits per heavy atom. The summed E-state index contributed by atoms with van der Waals surface area (Å²) in [4.78, 5) is 4.77. The number of benzene rings is 1. The molecular weight excluding hydrogens is 238 g/mol. The molecule has 0 fully saturated rings. The van der Waals surface area contributed by atoms with Crippen molar-refractivity contribution in [2.75, 3.05) is 19.8 Å². The molecule has 2 N–H and O–H groups in total. The van der Waals surface area contributed by atoms with Crippen LogP contribution in [0.5, 0.6) is 0 Å². The van der Waals surface area contributed by atoms with Gasteiger partial charge in [0.1, 0.15) is 5.82 Å². The van der Waals surface area contributed by atoms with Crippen LogP contribution in [0, 0.1) is 0 Å². The van der Waals surface area contributed by atoms with Crippen LogP contribution in [0.3, 0.4) is 0 Å². The number of ether oxygens (including phenoxy) is 1. The van der Waals surface area contributed by atoms with E-state index in [9.17, 15) is 0 Å². The van der Waals surface area contributed by atoms with Crippen LogP contribution in [-0.4, -0.2) is 29.3 Å². The summed E-state index contributed by atoms with van der Waals surface area (Å²) in [5.74, 6) is 1.10. The number of nitrogens with two attached hydrogens (primary N) is 1. The van der Waals surface area contributed by atoms with E-state index in [1.165, 1.54) is 5.52 Å². The van der Waals surface area contributed by atoms with Crippen molar-refractivity contribution in [1.29, 1.82) is 0 Å². The molecule has 1 aromatic carbocycles. The van der Waals surface area contributed by atoms with Gasteiger partial charge in [0.25, 0.3) is 0 Å². The van der Waals surface area contributed by atoms with E-state index >= 15 is 0 Å². The molecule has 0 amide bonds. The first-order valence-corrected chi connectivity index (χ1v) is 6.77. The number of rotatable bonds is 5. The topological polar surface area (TPSA) is 53.1 Å². The van der Waals surface area contributed by atoms with Gasteiger partial charge in [-0.15, -0.1) is 0 Å². The number of aromatic nitrogens is 2. The third kappa shape index (κ3) is 3.14. The summed E-state index contributed by atoms with van der Waals surface area (Å²) in [6.45, 7) is 9.21. The van der Waals surface area contributed by atoms with Gasteiger partial charge in [-0.25, -0.2) is 4.98 Å². The summed E-state index contributed by atoms with van der Waals surface area (Å²) in [5, 5.41) is 0. The summed E-state index contributed by atoms with van der Waals surface area (Å²) < 4.78 is 7.75. The molecule has 104 valence electrons. The lowest BCUT2D eigenvalue weighted by Crippen LogP contribution is -2.21. The van der Waals surface area contributed by atoms with Gasteiger partial charge in [0.2, 0.25) is 0 Å². The highest BCUT2D eigenvalue weighted by Crippen LogP contribution is 2.26. The van der Waals surface area contributed by atoms with Gasteiger partial charge in [-0.1, -0.05) is 32.9 Å². The molecule has 2 aromatic rings. The zero-order chi connectivity index (χ0) is 13.9. The lowest BCUT2D eigenvalue weighted by atomic mass is 9.95. The Morgan fingerprint density at radius 2 is 1.95 bits per heavy atom. The van der Waals surface area contributed by atoms with E-state index in [0.29, 0.717) is 19.8 Å². The number of para-hydroxylation sites is 2. The van der Waals surface area contributed by atoms with Crippen LogP contribution in [0.2, 0.25) is 0 Å². The third-order valence-electron chi connectivity index (χ3n) is 3.05. The summed E-state index contributed by atoms with van der Waals surface area (Å²) in [6.07, 6.45) is 0. The Labute approximate surface area is 114 Å². The molecule has 0 spiro atoms. The molecule has 0 saturated heterocycles. The van der Waals surface area contributed by atoms with Crippen LogP contribution in [0.4, 0.5) is 0 Å². The highest BCUT2D eigenvalue weighted by Gasteiger charge is 2.22. The molecule has 0 bridgehead atoms. The van der Waals surface area contributed by atoms with Gasteiger partial charge >= 0.3 is 0 Å². The van der Waals surface area contributed by atoms with Crippen LogP contribution in [0.15, 0.2) is 24.3 Å². The zero-order valence-corrected chi connectivity index (χ0v) is 12.0. The van der Waals surface area contributed by atoms with Crippen LogP contribution in [0.25, 0.3) is 11.0 Å². The van der Waals surface area contributed by atoms with E-state index in [4.69, 9.17) is 15.5 Å². The second kappa shape index (κ2) is 5.72. The van der Waals surface area contributed by atoms with Crippen molar-refractivity contribution in [3.8, 4) is 0 Å². The average Bonchev–Trinajstić information content (AvgIpc) is 2.74. The quantitative estimate of drug-likeness (QED) is 0.840. The van der Waals surface area contributed by atoms with Gasteiger partial charge in [0, 0.05) is 18.5 Å². The second-order valence-electron chi connectivity index (χ2n) is 5.73. The third-order valence-corrected chi connectivity index (χ3v) is 3.05. The first-order valence-electron chi connectivity index (χ1n) is 6.77. The molecule has 1 heterocycles. The van der Waals surface area contributed by atoms with Crippen molar-refractivity contribution in [3.05, 3.63) is 30.1 Å². The van der Waals surface area contributed by atoms with E-state index < -0.39 is 0 Å². The fourth-order valence-electron chi connectivity index (χ4n) is 2.22. The molecule has 4 heteroatoms. The smallest absolute Gasteiger partial charge is 0.115 e. The molecule has 19 heavy (non-hydrogen) atoms. The molecule has 0 radical (unpaired) electrons. The van der Waals surface area contributed by atoms with Crippen molar-refractivity contribution >= 4 is 11.0 Å². The molecule has 4 nitrogen and oxygen atoms in total. The lowest BCUT2D eigenvalue weighted by molar-refractivity contribution is 0.133. The van der Waals surface area contributed by atoms with Crippen LogP contribution in [0.1, 0.15) is 26.6 Å². The van der Waals surface area contributed by atoms with Crippen molar-refractivity contribution in [2.45, 2.75) is 32.7 Å². The van der Waals surface area contributed by atoms with Crippen LogP contribution < -0.4 is 5.73 Å². The molecule has 0 atom stereocenters. The van der Waals surface area contributed by atoms with Gasteiger partial charge in [-0.3, -0.25) is 0 Å². The Hall–Kier alpha value is -1.39. The Morgan fingerprint density at radius 1 is 1.21 bits per heavy atom. The maximum Gasteiger partial charge on any atom is 0.115 e. The monoisotopic (exact) mass is 261 g/mol. The van der Waals surface area contributed by atoms with Crippen molar-refractivity contribution in [1.82, 2.24) is 9.55 Å². The summed E-state index contributed by atoms with van der Waals surface area (Å²) in [6, 6.07) is 8.24. The zero-order valence-electron chi connectivity index (χ0n) is 12.0. The summed E-state index contributed by atoms with van der Waals surface area (Å²) in [5.41, 5.74) is 7.67. The van der Waals surface area contributed by atoms with E-state index in [2.05, 4.69) is 37.5 Å². The highest BCUT2D eigenvalue weighted by atomic mass is 16.5. The highest BCUT2D eigenvalue weighted by molar-refractivity contribution is 5.76. The SMILES string of the molecule is CC(C)(C)c1nc2ccccc2n1CCOCCN. The number of imidazole rings is 1. The maximum atomic E-state index is 5.50. The lowest BCUT2D eigenvalue weighted by Gasteiger charge is -2.20. The van der Waals surface area contributed by atoms with E-state index in [-0.39, 0.29) is 5.41 Å². The second-order valence-corrected chi connectivity index (χ2v) is 5.73. The first-order chi connectivity index (χ1) is 9.04. The predicted octanol–water partition coefficient (Wildman–Crippen LogP) is 2.31. The molecule has 0 aliphatic carbocycles. The van der Waals surface area contributed by atoms with E-state index in [0.717, 1.165) is 17.9 Å². The maximum absolute atomic E-state index is 5.50. The minimum Gasteiger partial charge on any atom is -0.378 e. The van der Waals surface area contributed by atoms with E-state index in [1.54, 1.807) is 0 Å². The molecule has 2 rings (SSSR count). The number of hydrogen-bond acceptors (Lipinski definition) is 3. The average molecular weight is 261 g/mol. The minimum absolute atomic E-state index is 0.0207. The number of fused-ring (bicyclic) bond motifs is 1. The van der Waals surface area contributed by atoms with Crippen LogP contribution >= 0.6 is 0 Å². The van der Waals surface area contributed by atoms with Gasteiger partial charge in [-0.2, -0.15) is 0 Å². The molecule has 1 aromatic heterocycles. The molecule has 0 saturated carbocycles. The Bertz CT molecular complexity index is 540. The molecule has 0 aliphatic heterocycles. The molecule has 0 aliphatic rings. The molecular formula is C15H23N3O. The summed E-state index contributed by atoms with van der Waals surface area (Å²) in [7, 11) is 0. The fourth-order valence-corrected chi connectivity index (χ4v) is 2.22. The predicted molar refractivity (Wildman–Crippen MR) is 78.3 cm³/mol. The first kappa shape index (κ1) is 14.0. The van der Waals surface area contributed by atoms with Crippen LogP contribution in [-0.2, 0) is 16.7 Å². The standard InChI is InChI=1S/C15H23N3O/c1-15(2,3)14-17-12-6-4-5-7-13(12)18(14)9-11-19-10-8-16/h4-7H,8-11,16H2,1-3H3. The Kier molecular flexibility index (Phi) is 4.22. The Balaban J connectivity index is 2.32. The normalized spacial score (nSPS) is 12.2. The van der Waals surface area contributed by atoms with Crippen molar-refractivity contribution in [2.24, 2.45) is 5.73 Å². The van der Waals surface area contributed by atoms with Gasteiger partial charge in [0.05, 0.1) is 24.2 Å².